The molecule has 6 heteroatoms. The first-order valence-electron chi connectivity index (χ1n) is 4.36. The summed E-state index contributed by atoms with van der Waals surface area (Å²) >= 11 is 0. The summed E-state index contributed by atoms with van der Waals surface area (Å²) in [7, 11) is 0. The number of hydrogen-bond acceptors (Lipinski definition) is 2. The van der Waals surface area contributed by atoms with Crippen LogP contribution in [0.15, 0.2) is 0 Å². The average molecular weight is 210 g/mol. The molecule has 2 aliphatic heterocycles. The summed E-state index contributed by atoms with van der Waals surface area (Å²) in [4.78, 5) is 10.7. The van der Waals surface area contributed by atoms with Crippen molar-refractivity contribution < 1.29 is 27.8 Å². The highest BCUT2D eigenvalue weighted by atomic mass is 19.4. The smallest absolute Gasteiger partial charge is 0.395 e. The molecule has 0 aliphatic carbocycles. The number of alkyl halides is 3. The van der Waals surface area contributed by atoms with Crippen molar-refractivity contribution >= 4 is 5.97 Å². The molecule has 4 atom stereocenters. The Bertz CT molecular complexity index is 263. The van der Waals surface area contributed by atoms with Crippen molar-refractivity contribution in [3.63, 3.8) is 0 Å². The van der Waals surface area contributed by atoms with Crippen molar-refractivity contribution in [1.82, 2.24) is 0 Å². The molecule has 80 valence electrons. The van der Waals surface area contributed by atoms with Gasteiger partial charge in [-0.3, -0.25) is 4.79 Å². The molecule has 0 unspecified atom stereocenters. The van der Waals surface area contributed by atoms with Gasteiger partial charge in [-0.2, -0.15) is 13.2 Å². The van der Waals surface area contributed by atoms with E-state index in [9.17, 15) is 18.0 Å². The van der Waals surface area contributed by atoms with Crippen LogP contribution in [0.25, 0.3) is 0 Å². The van der Waals surface area contributed by atoms with E-state index in [-0.39, 0.29) is 0 Å². The van der Waals surface area contributed by atoms with Gasteiger partial charge in [-0.15, -0.1) is 0 Å². The molecule has 2 fully saturated rings. The first-order valence-corrected chi connectivity index (χ1v) is 4.36. The van der Waals surface area contributed by atoms with Crippen molar-refractivity contribution in [3.05, 3.63) is 0 Å². The van der Waals surface area contributed by atoms with E-state index in [2.05, 4.69) is 0 Å². The lowest BCUT2D eigenvalue weighted by molar-refractivity contribution is -0.201. The number of ether oxygens (including phenoxy) is 1. The second-order valence-corrected chi connectivity index (χ2v) is 3.72. The lowest BCUT2D eigenvalue weighted by Gasteiger charge is -2.26. The number of hydrogen-bond donors (Lipinski definition) is 1. The minimum atomic E-state index is -4.47. The van der Waals surface area contributed by atoms with E-state index >= 15 is 0 Å². The lowest BCUT2D eigenvalue weighted by atomic mass is 9.79. The fourth-order valence-electron chi connectivity index (χ4n) is 2.41. The van der Waals surface area contributed by atoms with E-state index in [4.69, 9.17) is 9.84 Å². The summed E-state index contributed by atoms with van der Waals surface area (Å²) < 4.78 is 42.4. The predicted molar refractivity (Wildman–Crippen MR) is 38.6 cm³/mol. The number of carbonyl (C=O) groups is 1. The van der Waals surface area contributed by atoms with Crippen LogP contribution in [0.5, 0.6) is 0 Å². The summed E-state index contributed by atoms with van der Waals surface area (Å²) in [6, 6.07) is 0. The highest BCUT2D eigenvalue weighted by molar-refractivity contribution is 5.72. The van der Waals surface area contributed by atoms with Gasteiger partial charge in [-0.1, -0.05) is 0 Å². The zero-order valence-corrected chi connectivity index (χ0v) is 7.12. The van der Waals surface area contributed by atoms with Gasteiger partial charge in [0.2, 0.25) is 0 Å². The summed E-state index contributed by atoms with van der Waals surface area (Å²) in [5.74, 6) is -4.63. The molecule has 14 heavy (non-hydrogen) atoms. The maximum atomic E-state index is 12.5. The van der Waals surface area contributed by atoms with Gasteiger partial charge >= 0.3 is 12.1 Å². The largest absolute Gasteiger partial charge is 0.481 e. The van der Waals surface area contributed by atoms with Gasteiger partial charge in [0.25, 0.3) is 0 Å². The maximum absolute atomic E-state index is 12.5. The molecule has 1 N–H and O–H groups in total. The van der Waals surface area contributed by atoms with Gasteiger partial charge in [0.05, 0.1) is 24.0 Å². The van der Waals surface area contributed by atoms with Crippen LogP contribution in [0.1, 0.15) is 12.8 Å². The maximum Gasteiger partial charge on any atom is 0.395 e. The number of carboxylic acid groups (broad SMARTS) is 1. The third kappa shape index (κ3) is 1.28. The molecule has 0 amide bonds. The highest BCUT2D eigenvalue weighted by Crippen LogP contribution is 2.50. The van der Waals surface area contributed by atoms with E-state index in [0.29, 0.717) is 12.8 Å². The Morgan fingerprint density at radius 2 is 1.86 bits per heavy atom. The van der Waals surface area contributed by atoms with Gasteiger partial charge < -0.3 is 9.84 Å². The third-order valence-electron chi connectivity index (χ3n) is 2.94. The third-order valence-corrected chi connectivity index (χ3v) is 2.94. The monoisotopic (exact) mass is 210 g/mol. The fourth-order valence-corrected chi connectivity index (χ4v) is 2.41. The average Bonchev–Trinajstić information content (AvgIpc) is 2.58. The van der Waals surface area contributed by atoms with Crippen LogP contribution < -0.4 is 0 Å². The molecular weight excluding hydrogens is 201 g/mol. The van der Waals surface area contributed by atoms with Crippen LogP contribution >= 0.6 is 0 Å². The van der Waals surface area contributed by atoms with Gasteiger partial charge in [0.1, 0.15) is 0 Å². The zero-order valence-electron chi connectivity index (χ0n) is 7.12. The van der Waals surface area contributed by atoms with E-state index in [1.54, 1.807) is 0 Å². The normalized spacial score (nSPS) is 41.6. The van der Waals surface area contributed by atoms with E-state index in [1.807, 2.05) is 0 Å². The summed E-state index contributed by atoms with van der Waals surface area (Å²) in [6.45, 7) is 0. The van der Waals surface area contributed by atoms with Crippen molar-refractivity contribution in [2.75, 3.05) is 0 Å². The number of halogens is 3. The quantitative estimate of drug-likeness (QED) is 0.712. The van der Waals surface area contributed by atoms with Crippen molar-refractivity contribution in [2.24, 2.45) is 11.8 Å². The first kappa shape index (κ1) is 9.76. The highest BCUT2D eigenvalue weighted by Gasteiger charge is 2.62. The van der Waals surface area contributed by atoms with E-state index in [0.717, 1.165) is 0 Å². The number of carboxylic acids is 1. The van der Waals surface area contributed by atoms with Crippen LogP contribution in [0.2, 0.25) is 0 Å². The predicted octanol–water partition coefficient (Wildman–Crippen LogP) is 1.43. The first-order chi connectivity index (χ1) is 6.41. The van der Waals surface area contributed by atoms with E-state index in [1.165, 1.54) is 0 Å². The number of rotatable bonds is 1. The van der Waals surface area contributed by atoms with Crippen molar-refractivity contribution in [3.8, 4) is 0 Å². The van der Waals surface area contributed by atoms with Crippen LogP contribution in [0, 0.1) is 11.8 Å². The Balaban J connectivity index is 2.26. The molecule has 2 saturated heterocycles. The molecule has 2 heterocycles. The Morgan fingerprint density at radius 3 is 2.29 bits per heavy atom. The molecular formula is C8H9F3O3. The van der Waals surface area contributed by atoms with E-state index < -0.39 is 36.2 Å². The summed E-state index contributed by atoms with van der Waals surface area (Å²) in [5.41, 5.74) is 0. The molecule has 2 aliphatic rings. The molecule has 2 rings (SSSR count). The summed E-state index contributed by atoms with van der Waals surface area (Å²) in [6.07, 6.45) is -5.42. The van der Waals surface area contributed by atoms with Crippen LogP contribution in [-0.4, -0.2) is 29.5 Å². The van der Waals surface area contributed by atoms with Gasteiger partial charge in [0.15, 0.2) is 0 Å². The summed E-state index contributed by atoms with van der Waals surface area (Å²) in [5, 5.41) is 8.69. The van der Waals surface area contributed by atoms with Crippen molar-refractivity contribution in [1.29, 1.82) is 0 Å². The molecule has 3 nitrogen and oxygen atoms in total. The minimum Gasteiger partial charge on any atom is -0.481 e. The molecule has 0 spiro atoms. The second-order valence-electron chi connectivity index (χ2n) is 3.72. The van der Waals surface area contributed by atoms with Gasteiger partial charge in [0, 0.05) is 0 Å². The fraction of sp³-hybridized carbons (Fsp3) is 0.875. The topological polar surface area (TPSA) is 46.5 Å². The number of aliphatic carboxylic acids is 1. The lowest BCUT2D eigenvalue weighted by Crippen LogP contribution is -2.42. The molecule has 2 bridgehead atoms. The Hall–Kier alpha value is -0.780. The van der Waals surface area contributed by atoms with Crippen LogP contribution in [0.4, 0.5) is 13.2 Å². The molecule has 0 aromatic carbocycles. The molecule has 0 aromatic rings. The Labute approximate surface area is 77.8 Å². The minimum absolute atomic E-state index is 0.318. The SMILES string of the molecule is O=C(O)[C@@H]1[C@H](C(F)(F)F)[C@H]2CC[C@H]1O2. The zero-order chi connectivity index (χ0) is 10.5. The van der Waals surface area contributed by atoms with Gasteiger partial charge in [-0.25, -0.2) is 0 Å². The van der Waals surface area contributed by atoms with Gasteiger partial charge in [-0.05, 0) is 12.8 Å². The number of fused-ring (bicyclic) bond motifs is 2. The second kappa shape index (κ2) is 2.85. The molecule has 0 saturated carbocycles. The van der Waals surface area contributed by atoms with Crippen LogP contribution in [-0.2, 0) is 9.53 Å². The standard InChI is InChI=1S/C8H9F3O3/c9-8(10,11)6-4-2-1-3(14-4)5(6)7(12)13/h3-6H,1-2H2,(H,12,13)/t3-,4-,5+,6-/m1/s1. The van der Waals surface area contributed by atoms with Crippen LogP contribution in [0.3, 0.4) is 0 Å². The Morgan fingerprint density at radius 1 is 1.29 bits per heavy atom. The Kier molecular flexibility index (Phi) is 1.99. The van der Waals surface area contributed by atoms with Crippen molar-refractivity contribution in [2.45, 2.75) is 31.2 Å². The molecule has 0 aromatic heterocycles. The molecule has 0 radical (unpaired) electrons.